The number of rotatable bonds is 3. The van der Waals surface area contributed by atoms with Crippen LogP contribution in [0.1, 0.15) is 30.9 Å². The van der Waals surface area contributed by atoms with Crippen LogP contribution in [-0.2, 0) is 10.1 Å². The minimum atomic E-state index is -3.44. The normalized spacial score (nSPS) is 11.8. The number of benzene rings is 1. The molecule has 0 aliphatic carbocycles. The van der Waals surface area contributed by atoms with E-state index in [0.717, 1.165) is 17.4 Å². The highest BCUT2D eigenvalue weighted by Crippen LogP contribution is 2.25. The monoisotopic (exact) mass is 228 g/mol. The largest absolute Gasteiger partial charge is 0.382 e. The second-order valence-corrected chi connectivity index (χ2v) is 5.54. The Morgan fingerprint density at radius 1 is 1.27 bits per heavy atom. The molecule has 1 aromatic carbocycles. The molecule has 0 amide bonds. The predicted molar refractivity (Wildman–Crippen MR) is 60.7 cm³/mol. The Morgan fingerprint density at radius 2 is 1.87 bits per heavy atom. The number of hydrogen-bond acceptors (Lipinski definition) is 3. The quantitative estimate of drug-likeness (QED) is 0.746. The molecule has 0 unspecified atom stereocenters. The van der Waals surface area contributed by atoms with Gasteiger partial charge in [0.05, 0.1) is 6.26 Å². The van der Waals surface area contributed by atoms with E-state index >= 15 is 0 Å². The lowest BCUT2D eigenvalue weighted by Crippen LogP contribution is -2.07. The highest BCUT2D eigenvalue weighted by atomic mass is 32.2. The van der Waals surface area contributed by atoms with Crippen molar-refractivity contribution >= 4 is 10.1 Å². The van der Waals surface area contributed by atoms with Gasteiger partial charge in [-0.25, -0.2) is 0 Å². The molecule has 4 heteroatoms. The maximum Gasteiger partial charge on any atom is 0.306 e. The van der Waals surface area contributed by atoms with Gasteiger partial charge in [-0.05, 0) is 30.0 Å². The third-order valence-electron chi connectivity index (χ3n) is 2.12. The van der Waals surface area contributed by atoms with Crippen molar-refractivity contribution in [3.8, 4) is 5.75 Å². The predicted octanol–water partition coefficient (Wildman–Crippen LogP) is 2.46. The van der Waals surface area contributed by atoms with Crippen LogP contribution in [0.5, 0.6) is 5.75 Å². The minimum Gasteiger partial charge on any atom is -0.382 e. The molecule has 1 aromatic rings. The van der Waals surface area contributed by atoms with Gasteiger partial charge in [-0.1, -0.05) is 26.0 Å². The maximum atomic E-state index is 11.0. The lowest BCUT2D eigenvalue weighted by atomic mass is 10.0. The van der Waals surface area contributed by atoms with E-state index in [9.17, 15) is 8.42 Å². The van der Waals surface area contributed by atoms with Gasteiger partial charge >= 0.3 is 10.1 Å². The van der Waals surface area contributed by atoms with Crippen LogP contribution in [0, 0.1) is 6.92 Å². The van der Waals surface area contributed by atoms with E-state index in [1.165, 1.54) is 0 Å². The molecule has 0 atom stereocenters. The zero-order valence-electron chi connectivity index (χ0n) is 9.44. The Labute approximate surface area is 91.2 Å². The Kier molecular flexibility index (Phi) is 3.39. The highest BCUT2D eigenvalue weighted by Gasteiger charge is 2.09. The van der Waals surface area contributed by atoms with Gasteiger partial charge in [0.2, 0.25) is 0 Å². The summed E-state index contributed by atoms with van der Waals surface area (Å²) in [5.41, 5.74) is 1.89. The molecular weight excluding hydrogens is 212 g/mol. The standard InChI is InChI=1S/C11H16O3S/c1-8(2)10-6-5-9(3)11(7-10)14-15(4,12)13/h5-8H,1-4H3. The Balaban J connectivity index is 3.11. The van der Waals surface area contributed by atoms with Crippen LogP contribution in [0.25, 0.3) is 0 Å². The van der Waals surface area contributed by atoms with Gasteiger partial charge in [0.15, 0.2) is 0 Å². The average Bonchev–Trinajstić information content (AvgIpc) is 2.06. The van der Waals surface area contributed by atoms with Gasteiger partial charge in [0.25, 0.3) is 0 Å². The second kappa shape index (κ2) is 4.23. The average molecular weight is 228 g/mol. The molecule has 0 saturated heterocycles. The van der Waals surface area contributed by atoms with Crippen LogP contribution in [0.3, 0.4) is 0 Å². The zero-order valence-corrected chi connectivity index (χ0v) is 10.3. The van der Waals surface area contributed by atoms with Gasteiger partial charge in [-0.15, -0.1) is 0 Å². The van der Waals surface area contributed by atoms with Crippen LogP contribution >= 0.6 is 0 Å². The van der Waals surface area contributed by atoms with Gasteiger partial charge in [0, 0.05) is 0 Å². The molecule has 0 radical (unpaired) electrons. The number of hydrogen-bond donors (Lipinski definition) is 0. The van der Waals surface area contributed by atoms with E-state index in [4.69, 9.17) is 4.18 Å². The first-order valence-corrected chi connectivity index (χ1v) is 6.61. The minimum absolute atomic E-state index is 0.354. The molecule has 0 saturated carbocycles. The lowest BCUT2D eigenvalue weighted by Gasteiger charge is -2.10. The molecule has 0 bridgehead atoms. The van der Waals surface area contributed by atoms with Crippen LogP contribution in [0.15, 0.2) is 18.2 Å². The first-order chi connectivity index (χ1) is 6.79. The van der Waals surface area contributed by atoms with Gasteiger partial charge in [-0.2, -0.15) is 8.42 Å². The first kappa shape index (κ1) is 12.0. The SMILES string of the molecule is Cc1ccc(C(C)C)cc1OS(C)(=O)=O. The molecule has 15 heavy (non-hydrogen) atoms. The smallest absolute Gasteiger partial charge is 0.306 e. The number of aryl methyl sites for hydroxylation is 1. The lowest BCUT2D eigenvalue weighted by molar-refractivity contribution is 0.490. The Bertz CT molecular complexity index is 447. The summed E-state index contributed by atoms with van der Waals surface area (Å²) < 4.78 is 26.9. The topological polar surface area (TPSA) is 43.4 Å². The maximum absolute atomic E-state index is 11.0. The molecular formula is C11H16O3S. The summed E-state index contributed by atoms with van der Waals surface area (Å²) in [6.45, 7) is 5.93. The summed E-state index contributed by atoms with van der Waals surface area (Å²) >= 11 is 0. The van der Waals surface area contributed by atoms with Gasteiger partial charge < -0.3 is 4.18 Å². The van der Waals surface area contributed by atoms with Crippen molar-refractivity contribution in [3.05, 3.63) is 29.3 Å². The summed E-state index contributed by atoms with van der Waals surface area (Å²) in [4.78, 5) is 0. The second-order valence-electron chi connectivity index (χ2n) is 3.97. The summed E-state index contributed by atoms with van der Waals surface area (Å²) in [5.74, 6) is 0.774. The summed E-state index contributed by atoms with van der Waals surface area (Å²) in [7, 11) is -3.44. The first-order valence-electron chi connectivity index (χ1n) is 4.79. The van der Waals surface area contributed by atoms with E-state index in [1.807, 2.05) is 19.1 Å². The molecule has 3 nitrogen and oxygen atoms in total. The van der Waals surface area contributed by atoms with Crippen molar-refractivity contribution < 1.29 is 12.6 Å². The highest BCUT2D eigenvalue weighted by molar-refractivity contribution is 7.86. The van der Waals surface area contributed by atoms with Crippen molar-refractivity contribution in [2.24, 2.45) is 0 Å². The van der Waals surface area contributed by atoms with Crippen molar-refractivity contribution in [2.75, 3.05) is 6.26 Å². The summed E-state index contributed by atoms with van der Waals surface area (Å²) in [5, 5.41) is 0. The fraction of sp³-hybridized carbons (Fsp3) is 0.455. The third kappa shape index (κ3) is 3.55. The molecule has 0 spiro atoms. The van der Waals surface area contributed by atoms with E-state index in [0.29, 0.717) is 11.7 Å². The molecule has 1 rings (SSSR count). The summed E-state index contributed by atoms with van der Waals surface area (Å²) in [6.07, 6.45) is 1.05. The molecule has 0 fully saturated rings. The molecule has 0 aliphatic rings. The van der Waals surface area contributed by atoms with Crippen LogP contribution in [0.2, 0.25) is 0 Å². The van der Waals surface area contributed by atoms with Crippen molar-refractivity contribution in [1.29, 1.82) is 0 Å². The third-order valence-corrected chi connectivity index (χ3v) is 2.60. The van der Waals surface area contributed by atoms with E-state index in [2.05, 4.69) is 13.8 Å². The molecule has 0 aromatic heterocycles. The van der Waals surface area contributed by atoms with Crippen LogP contribution in [-0.4, -0.2) is 14.7 Å². The van der Waals surface area contributed by atoms with E-state index in [1.54, 1.807) is 6.07 Å². The van der Waals surface area contributed by atoms with Crippen LogP contribution in [0.4, 0.5) is 0 Å². The Hall–Kier alpha value is -1.03. The zero-order chi connectivity index (χ0) is 11.6. The molecule has 84 valence electrons. The molecule has 0 heterocycles. The van der Waals surface area contributed by atoms with Crippen LogP contribution < -0.4 is 4.18 Å². The van der Waals surface area contributed by atoms with Crippen molar-refractivity contribution in [1.82, 2.24) is 0 Å². The fourth-order valence-electron chi connectivity index (χ4n) is 1.23. The molecule has 0 aliphatic heterocycles. The van der Waals surface area contributed by atoms with Gasteiger partial charge in [0.1, 0.15) is 5.75 Å². The van der Waals surface area contributed by atoms with Gasteiger partial charge in [-0.3, -0.25) is 0 Å². The van der Waals surface area contributed by atoms with E-state index < -0.39 is 10.1 Å². The van der Waals surface area contributed by atoms with Crippen molar-refractivity contribution in [2.45, 2.75) is 26.7 Å². The Morgan fingerprint density at radius 3 is 2.33 bits per heavy atom. The summed E-state index contributed by atoms with van der Waals surface area (Å²) in [6, 6.07) is 5.63. The van der Waals surface area contributed by atoms with Crippen molar-refractivity contribution in [3.63, 3.8) is 0 Å². The molecule has 0 N–H and O–H groups in total. The van der Waals surface area contributed by atoms with E-state index in [-0.39, 0.29) is 0 Å². The fourth-order valence-corrected chi connectivity index (χ4v) is 1.73.